The van der Waals surface area contributed by atoms with Gasteiger partial charge in [0.1, 0.15) is 35.9 Å². The molecule has 0 aromatic heterocycles. The minimum absolute atomic E-state index is 0.00926. The van der Waals surface area contributed by atoms with Crippen LogP contribution in [0.1, 0.15) is 37.4 Å². The van der Waals surface area contributed by atoms with Crippen LogP contribution < -0.4 is 4.74 Å². The summed E-state index contributed by atoms with van der Waals surface area (Å²) < 4.78 is 11.0. The van der Waals surface area contributed by atoms with Gasteiger partial charge in [-0.15, -0.1) is 0 Å². The second kappa shape index (κ2) is 7.46. The van der Waals surface area contributed by atoms with Crippen molar-refractivity contribution >= 4 is 11.6 Å². The molecule has 1 aliphatic carbocycles. The molecule has 0 unspecified atom stereocenters. The molecule has 1 fully saturated rings. The average molecular weight is 416 g/mol. The van der Waals surface area contributed by atoms with Gasteiger partial charge in [-0.2, -0.15) is 0 Å². The summed E-state index contributed by atoms with van der Waals surface area (Å²) in [5, 5.41) is 49.2. The summed E-state index contributed by atoms with van der Waals surface area (Å²) in [6.45, 7) is 1.05. The lowest BCUT2D eigenvalue weighted by Crippen LogP contribution is -2.60. The summed E-state index contributed by atoms with van der Waals surface area (Å²) in [4.78, 5) is 26.1. The molecule has 0 radical (unpaired) electrons. The Balaban J connectivity index is 1.77. The van der Waals surface area contributed by atoms with Crippen LogP contribution >= 0.6 is 0 Å². The van der Waals surface area contributed by atoms with E-state index in [4.69, 9.17) is 9.47 Å². The van der Waals surface area contributed by atoms with Gasteiger partial charge in [-0.25, -0.2) is 0 Å². The Hall–Kier alpha value is -2.82. The average Bonchev–Trinajstić information content (AvgIpc) is 2.72. The summed E-state index contributed by atoms with van der Waals surface area (Å²) in [5.74, 6) is -1.24. The van der Waals surface area contributed by atoms with E-state index in [1.807, 2.05) is 0 Å². The van der Waals surface area contributed by atoms with Crippen molar-refractivity contribution < 1.29 is 44.6 Å². The number of carbonyl (C=O) groups is 2. The van der Waals surface area contributed by atoms with Crippen LogP contribution in [-0.2, 0) is 4.74 Å². The van der Waals surface area contributed by atoms with Crippen LogP contribution in [0.4, 0.5) is 0 Å². The number of aryl methyl sites for hydroxylation is 1. The van der Waals surface area contributed by atoms with Gasteiger partial charge in [-0.3, -0.25) is 9.59 Å². The molecule has 158 valence electrons. The molecule has 1 aliphatic heterocycles. The lowest BCUT2D eigenvalue weighted by atomic mass is 9.82. The third-order valence-electron chi connectivity index (χ3n) is 5.30. The summed E-state index contributed by atoms with van der Waals surface area (Å²) in [7, 11) is 0. The first-order chi connectivity index (χ1) is 14.2. The Kier molecular flexibility index (Phi) is 5.08. The monoisotopic (exact) mass is 416 g/mol. The van der Waals surface area contributed by atoms with Crippen LogP contribution in [0.15, 0.2) is 30.3 Å². The molecule has 5 atom stereocenters. The Bertz CT molecular complexity index is 1030. The number of ether oxygens (including phenoxy) is 2. The van der Waals surface area contributed by atoms with E-state index in [2.05, 4.69) is 0 Å². The number of ketones is 2. The molecule has 9 nitrogen and oxygen atoms in total. The van der Waals surface area contributed by atoms with Crippen molar-refractivity contribution in [3.8, 4) is 11.5 Å². The molecule has 0 saturated carbocycles. The van der Waals surface area contributed by atoms with E-state index in [-0.39, 0.29) is 33.8 Å². The number of carbonyl (C=O) groups excluding carboxylic acids is 2. The second-order valence-corrected chi connectivity index (χ2v) is 7.39. The van der Waals surface area contributed by atoms with Crippen molar-refractivity contribution in [2.45, 2.75) is 37.6 Å². The van der Waals surface area contributed by atoms with Gasteiger partial charge in [0.05, 0.1) is 12.2 Å². The van der Waals surface area contributed by atoms with Crippen molar-refractivity contribution in [1.82, 2.24) is 0 Å². The number of phenolic OH excluding ortho intramolecular Hbond substituents is 1. The number of benzene rings is 2. The predicted octanol–water partition coefficient (Wildman–Crippen LogP) is -0.345. The fourth-order valence-corrected chi connectivity index (χ4v) is 3.75. The minimum atomic E-state index is -1.68. The zero-order valence-corrected chi connectivity index (χ0v) is 15.8. The van der Waals surface area contributed by atoms with Crippen molar-refractivity contribution in [3.63, 3.8) is 0 Å². The highest BCUT2D eigenvalue weighted by Crippen LogP contribution is 2.37. The van der Waals surface area contributed by atoms with E-state index in [0.29, 0.717) is 5.56 Å². The molecule has 9 heteroatoms. The van der Waals surface area contributed by atoms with Crippen LogP contribution in [0, 0.1) is 6.92 Å². The zero-order valence-electron chi connectivity index (χ0n) is 15.8. The molecule has 2 aromatic rings. The molecule has 30 heavy (non-hydrogen) atoms. The second-order valence-electron chi connectivity index (χ2n) is 7.39. The highest BCUT2D eigenvalue weighted by Gasteiger charge is 2.45. The maximum atomic E-state index is 13.1. The van der Waals surface area contributed by atoms with Gasteiger partial charge in [0.2, 0.25) is 6.29 Å². The molecule has 5 N–H and O–H groups in total. The summed E-state index contributed by atoms with van der Waals surface area (Å²) in [6.07, 6.45) is -7.60. The van der Waals surface area contributed by atoms with E-state index < -0.39 is 48.9 Å². The topological polar surface area (TPSA) is 154 Å². The van der Waals surface area contributed by atoms with E-state index in [9.17, 15) is 35.1 Å². The Labute approximate surface area is 170 Å². The number of aliphatic hydroxyl groups excluding tert-OH is 4. The fraction of sp³-hybridized carbons (Fsp3) is 0.333. The maximum absolute atomic E-state index is 13.1. The summed E-state index contributed by atoms with van der Waals surface area (Å²) in [5.41, 5.74) is 0.778. The summed E-state index contributed by atoms with van der Waals surface area (Å²) >= 11 is 0. The van der Waals surface area contributed by atoms with Gasteiger partial charge in [-0.05, 0) is 42.8 Å². The van der Waals surface area contributed by atoms with Gasteiger partial charge < -0.3 is 35.0 Å². The number of hydrogen-bond acceptors (Lipinski definition) is 9. The van der Waals surface area contributed by atoms with Crippen LogP contribution in [0.3, 0.4) is 0 Å². The van der Waals surface area contributed by atoms with Gasteiger partial charge in [0.25, 0.3) is 0 Å². The van der Waals surface area contributed by atoms with Gasteiger partial charge in [-0.1, -0.05) is 0 Å². The number of phenols is 1. The number of aliphatic hydroxyl groups is 4. The molecule has 1 saturated heterocycles. The molecule has 1 heterocycles. The Morgan fingerprint density at radius 1 is 0.933 bits per heavy atom. The first kappa shape index (κ1) is 20.5. The van der Waals surface area contributed by atoms with Crippen LogP contribution in [0.25, 0.3) is 0 Å². The third-order valence-corrected chi connectivity index (χ3v) is 5.30. The zero-order chi connectivity index (χ0) is 21.7. The smallest absolute Gasteiger partial charge is 0.229 e. The highest BCUT2D eigenvalue weighted by atomic mass is 16.7. The van der Waals surface area contributed by atoms with Gasteiger partial charge in [0.15, 0.2) is 11.6 Å². The highest BCUT2D eigenvalue weighted by molar-refractivity contribution is 6.29. The van der Waals surface area contributed by atoms with E-state index in [1.165, 1.54) is 30.3 Å². The number of fused-ring (bicyclic) bond motifs is 2. The van der Waals surface area contributed by atoms with Gasteiger partial charge in [0, 0.05) is 16.7 Å². The van der Waals surface area contributed by atoms with Crippen LogP contribution in [0.5, 0.6) is 11.5 Å². The van der Waals surface area contributed by atoms with Crippen molar-refractivity contribution in [3.05, 3.63) is 58.1 Å². The standard InChI is InChI=1S/C21H20O9/c1-8-4-12-15(17(25)11-6-9(23)2-3-10(11)16(12)24)13(5-8)29-21-20(28)19(27)18(26)14(7-22)30-21/h2-6,14,18-23,26-28H,7H2,1H3/t14-,18-,19+,20-,21-/m1/s1. The minimum Gasteiger partial charge on any atom is -0.508 e. The first-order valence-corrected chi connectivity index (χ1v) is 9.27. The molecule has 2 aromatic carbocycles. The van der Waals surface area contributed by atoms with Crippen LogP contribution in [0.2, 0.25) is 0 Å². The Morgan fingerprint density at radius 2 is 1.67 bits per heavy atom. The van der Waals surface area contributed by atoms with E-state index in [0.717, 1.165) is 0 Å². The summed E-state index contributed by atoms with van der Waals surface area (Å²) in [6, 6.07) is 6.88. The largest absolute Gasteiger partial charge is 0.508 e. The number of rotatable bonds is 3. The predicted molar refractivity (Wildman–Crippen MR) is 101 cm³/mol. The normalized spacial score (nSPS) is 28.1. The number of hydrogen-bond donors (Lipinski definition) is 5. The lowest BCUT2D eigenvalue weighted by molar-refractivity contribution is -0.277. The maximum Gasteiger partial charge on any atom is 0.229 e. The SMILES string of the molecule is Cc1cc(O[C@@H]2O[C@H](CO)[C@@H](O)[C@H](O)[C@H]2O)c2c(c1)C(=O)c1ccc(O)cc1C2=O. The van der Waals surface area contributed by atoms with Crippen molar-refractivity contribution in [2.24, 2.45) is 0 Å². The third kappa shape index (κ3) is 3.17. The lowest BCUT2D eigenvalue weighted by Gasteiger charge is -2.39. The molecule has 0 amide bonds. The van der Waals surface area contributed by atoms with Crippen molar-refractivity contribution in [2.75, 3.05) is 6.61 Å². The molecule has 0 bridgehead atoms. The molecular weight excluding hydrogens is 396 g/mol. The van der Waals surface area contributed by atoms with Crippen LogP contribution in [-0.4, -0.2) is 74.4 Å². The van der Waals surface area contributed by atoms with Gasteiger partial charge >= 0.3 is 0 Å². The molecule has 0 spiro atoms. The molecule has 4 rings (SSSR count). The number of aromatic hydroxyl groups is 1. The molecular formula is C21H20O9. The molecule has 2 aliphatic rings. The first-order valence-electron chi connectivity index (χ1n) is 9.27. The Morgan fingerprint density at radius 3 is 2.37 bits per heavy atom. The van der Waals surface area contributed by atoms with E-state index in [1.54, 1.807) is 6.92 Å². The van der Waals surface area contributed by atoms with E-state index >= 15 is 0 Å². The fourth-order valence-electron chi connectivity index (χ4n) is 3.75. The quantitative estimate of drug-likeness (QED) is 0.386. The van der Waals surface area contributed by atoms with Crippen molar-refractivity contribution in [1.29, 1.82) is 0 Å².